The first-order valence-corrected chi connectivity index (χ1v) is 17.2. The molecule has 14 nitrogen and oxygen atoms in total. The smallest absolute Gasteiger partial charge is 0.280 e. The van der Waals surface area contributed by atoms with Crippen molar-refractivity contribution >= 4 is 47.1 Å². The number of rotatable bonds is 20. The van der Waals surface area contributed by atoms with Crippen molar-refractivity contribution in [3.8, 4) is 0 Å². The van der Waals surface area contributed by atoms with E-state index in [-0.39, 0.29) is 49.0 Å². The number of carbonyl (C=O) groups is 5. The number of ether oxygens (including phenoxy) is 2. The van der Waals surface area contributed by atoms with Crippen molar-refractivity contribution < 1.29 is 38.0 Å². The summed E-state index contributed by atoms with van der Waals surface area (Å²) in [5, 5.41) is 8.00. The van der Waals surface area contributed by atoms with Crippen molar-refractivity contribution in [2.45, 2.75) is 76.5 Å². The number of nitrogens with zero attached hydrogens (tertiary/aromatic N) is 2. The van der Waals surface area contributed by atoms with Crippen molar-refractivity contribution in [2.75, 3.05) is 53.3 Å². The Hall–Kier alpha value is -3.40. The van der Waals surface area contributed by atoms with Crippen LogP contribution in [0.3, 0.4) is 0 Å². The van der Waals surface area contributed by atoms with E-state index in [4.69, 9.17) is 9.47 Å². The van der Waals surface area contributed by atoms with Gasteiger partial charge in [-0.15, -0.1) is 0 Å². The lowest BCUT2D eigenvalue weighted by atomic mass is 9.90. The van der Waals surface area contributed by atoms with Crippen LogP contribution in [0.5, 0.6) is 0 Å². The number of likely N-dealkylation sites (N-methyl/N-ethyl adjacent to an activating group) is 1. The minimum atomic E-state index is -1.67. The number of hydrogen-bond acceptors (Lipinski definition) is 9. The van der Waals surface area contributed by atoms with Gasteiger partial charge in [-0.05, 0) is 30.9 Å². The van der Waals surface area contributed by atoms with Crippen LogP contribution >= 0.6 is 0 Å². The van der Waals surface area contributed by atoms with Crippen LogP contribution in [0.15, 0.2) is 24.3 Å². The molecule has 0 saturated carbocycles. The van der Waals surface area contributed by atoms with E-state index in [0.29, 0.717) is 19.4 Å². The number of likely N-dealkylation sites (tertiary alicyclic amines) is 1. The summed E-state index contributed by atoms with van der Waals surface area (Å²) in [6, 6.07) is 6.52. The second-order valence-corrected chi connectivity index (χ2v) is 13.0. The number of amides is 5. The van der Waals surface area contributed by atoms with Gasteiger partial charge in [-0.1, -0.05) is 39.3 Å². The summed E-state index contributed by atoms with van der Waals surface area (Å²) in [5.74, 6) is -2.08. The molecule has 1 aliphatic rings. The molecule has 0 spiro atoms. The van der Waals surface area contributed by atoms with Gasteiger partial charge in [0.15, 0.2) is 5.75 Å². The number of methoxy groups -OCH3 is 2. The van der Waals surface area contributed by atoms with Crippen LogP contribution in [0.2, 0.25) is 0 Å². The maximum absolute atomic E-state index is 13.7. The monoisotopic (exact) mass is 680 g/mol. The Morgan fingerprint density at radius 1 is 1.13 bits per heavy atom. The van der Waals surface area contributed by atoms with E-state index in [1.807, 2.05) is 38.1 Å². The molecule has 0 aromatic heterocycles. The fourth-order valence-electron chi connectivity index (χ4n) is 6.03. The Morgan fingerprint density at radius 3 is 2.38 bits per heavy atom. The molecule has 7 unspecified atom stereocenters. The highest BCUT2D eigenvalue weighted by Crippen LogP contribution is 2.29. The summed E-state index contributed by atoms with van der Waals surface area (Å²) >= 11 is -1.67. The van der Waals surface area contributed by atoms with E-state index in [2.05, 4.69) is 20.7 Å². The molecule has 7 atom stereocenters. The van der Waals surface area contributed by atoms with E-state index >= 15 is 0 Å². The summed E-state index contributed by atoms with van der Waals surface area (Å²) in [6.07, 6.45) is 1.30. The Balaban J connectivity index is 2.01. The van der Waals surface area contributed by atoms with Crippen molar-refractivity contribution in [3.63, 3.8) is 0 Å². The average molecular weight is 681 g/mol. The molecule has 1 heterocycles. The van der Waals surface area contributed by atoms with Crippen molar-refractivity contribution in [3.05, 3.63) is 29.8 Å². The molecule has 1 fully saturated rings. The van der Waals surface area contributed by atoms with Crippen molar-refractivity contribution in [1.82, 2.24) is 25.2 Å². The predicted octanol–water partition coefficient (Wildman–Crippen LogP) is 0.791. The lowest BCUT2D eigenvalue weighted by Gasteiger charge is -2.39. The maximum atomic E-state index is 13.7. The normalized spacial score (nSPS) is 18.2. The van der Waals surface area contributed by atoms with Gasteiger partial charge in [-0.3, -0.25) is 24.0 Å². The van der Waals surface area contributed by atoms with Crippen LogP contribution in [0.4, 0.5) is 5.69 Å². The van der Waals surface area contributed by atoms with Gasteiger partial charge in [0.05, 0.1) is 54.5 Å². The van der Waals surface area contributed by atoms with Crippen molar-refractivity contribution in [1.29, 1.82) is 0 Å². The number of hydrogen-bond donors (Lipinski definition) is 4. The largest absolute Gasteiger partial charge is 0.593 e. The highest BCUT2D eigenvalue weighted by atomic mass is 32.2. The Kier molecular flexibility index (Phi) is 17.0. The molecule has 1 saturated heterocycles. The van der Waals surface area contributed by atoms with Crippen LogP contribution in [0, 0.1) is 11.8 Å². The third-order valence-corrected chi connectivity index (χ3v) is 9.88. The number of anilines is 1. The topological polar surface area (TPSA) is 181 Å². The van der Waals surface area contributed by atoms with Gasteiger partial charge in [0, 0.05) is 46.1 Å². The summed E-state index contributed by atoms with van der Waals surface area (Å²) in [5.41, 5.74) is 1.70. The molecule has 0 bridgehead atoms. The average Bonchev–Trinajstić information content (AvgIpc) is 3.55. The fourth-order valence-corrected chi connectivity index (χ4v) is 6.92. The number of benzene rings is 1. The van der Waals surface area contributed by atoms with Gasteiger partial charge in [-0.25, -0.2) is 0 Å². The van der Waals surface area contributed by atoms with Crippen LogP contribution in [-0.2, 0) is 50.6 Å². The first kappa shape index (κ1) is 39.8. The SMILES string of the molecule is CCC(C)C(C(CC(=O)N1CCCC1C(OC)C(C)C(=O)NCC(=O)N[S+]([O-])Cc1ccc(NC)cc1)OC)N(C)C(=O)CNC=O. The second kappa shape index (κ2) is 20.1. The summed E-state index contributed by atoms with van der Waals surface area (Å²) < 4.78 is 26.4. The summed E-state index contributed by atoms with van der Waals surface area (Å²) in [6.45, 7) is 5.61. The molecule has 2 rings (SSSR count). The number of carbonyl (C=O) groups excluding carboxylic acids is 5. The van der Waals surface area contributed by atoms with E-state index in [0.717, 1.165) is 24.1 Å². The van der Waals surface area contributed by atoms with Gasteiger partial charge < -0.3 is 39.8 Å². The van der Waals surface area contributed by atoms with Crippen molar-refractivity contribution in [2.24, 2.45) is 11.8 Å². The molecule has 264 valence electrons. The molecule has 4 N–H and O–H groups in total. The van der Waals surface area contributed by atoms with Gasteiger partial charge in [0.25, 0.3) is 5.91 Å². The number of nitrogens with one attached hydrogen (secondary N) is 4. The summed E-state index contributed by atoms with van der Waals surface area (Å²) in [7, 11) is 6.43. The predicted molar refractivity (Wildman–Crippen MR) is 179 cm³/mol. The lowest BCUT2D eigenvalue weighted by Crippen LogP contribution is -2.54. The zero-order valence-corrected chi connectivity index (χ0v) is 29.4. The Bertz CT molecular complexity index is 1170. The molecular weight excluding hydrogens is 628 g/mol. The molecule has 0 radical (unpaired) electrons. The molecule has 1 aliphatic heterocycles. The maximum Gasteiger partial charge on any atom is 0.280 e. The molecule has 15 heteroatoms. The molecule has 1 aromatic rings. The third kappa shape index (κ3) is 11.7. The highest BCUT2D eigenvalue weighted by molar-refractivity contribution is 7.89. The van der Waals surface area contributed by atoms with E-state index in [1.165, 1.54) is 19.1 Å². The van der Waals surface area contributed by atoms with E-state index in [9.17, 15) is 28.5 Å². The van der Waals surface area contributed by atoms with Gasteiger partial charge in [-0.2, -0.15) is 4.72 Å². The Morgan fingerprint density at radius 2 is 1.81 bits per heavy atom. The zero-order chi connectivity index (χ0) is 35.1. The van der Waals surface area contributed by atoms with Crippen LogP contribution in [0.25, 0.3) is 0 Å². The summed E-state index contributed by atoms with van der Waals surface area (Å²) in [4.78, 5) is 66.0. The highest BCUT2D eigenvalue weighted by Gasteiger charge is 2.42. The third-order valence-electron chi connectivity index (χ3n) is 8.83. The molecular formula is C32H52N6O8S. The minimum Gasteiger partial charge on any atom is -0.593 e. The van der Waals surface area contributed by atoms with Crippen LogP contribution in [-0.4, -0.2) is 117 Å². The van der Waals surface area contributed by atoms with Gasteiger partial charge >= 0.3 is 0 Å². The first-order valence-electron chi connectivity index (χ1n) is 15.9. The van der Waals surface area contributed by atoms with E-state index in [1.54, 1.807) is 25.9 Å². The van der Waals surface area contributed by atoms with Gasteiger partial charge in [0.2, 0.25) is 24.1 Å². The standard InChI is InChI=1S/C32H52N6O8S/c1-8-21(2)30(37(5)29(42)18-34-20-39)26(45-6)16-28(41)38-15-9-10-25(38)31(46-7)22(3)32(43)35-17-27(40)36-47(44)19-23-11-13-24(33-4)14-12-23/h11-14,20-22,25-26,30-31,33H,8-10,15-19H2,1-7H3,(H,34,39)(H,35,43)(H,36,40). The van der Waals surface area contributed by atoms with Gasteiger partial charge in [0.1, 0.15) is 6.54 Å². The first-order chi connectivity index (χ1) is 22.4. The molecule has 47 heavy (non-hydrogen) atoms. The second-order valence-electron chi connectivity index (χ2n) is 11.8. The zero-order valence-electron chi connectivity index (χ0n) is 28.6. The quantitative estimate of drug-likeness (QED) is 0.114. The molecule has 0 aliphatic carbocycles. The fraction of sp³-hybridized carbons (Fsp3) is 0.656. The molecule has 1 aromatic carbocycles. The minimum absolute atomic E-state index is 0.00210. The van der Waals surface area contributed by atoms with E-state index < -0.39 is 47.3 Å². The lowest BCUT2D eigenvalue weighted by molar-refractivity contribution is -0.145. The van der Waals surface area contributed by atoms with Crippen LogP contribution in [0.1, 0.15) is 52.0 Å². The Labute approximate surface area is 281 Å². The molecule has 5 amide bonds. The van der Waals surface area contributed by atoms with Crippen LogP contribution < -0.4 is 20.7 Å².